The predicted octanol–water partition coefficient (Wildman–Crippen LogP) is 2.16. The number of ether oxygens (including phenoxy) is 1. The lowest BCUT2D eigenvalue weighted by atomic mass is 10.2. The monoisotopic (exact) mass is 235 g/mol. The first-order chi connectivity index (χ1) is 8.22. The summed E-state index contributed by atoms with van der Waals surface area (Å²) in [7, 11) is 0. The molecule has 0 bridgehead atoms. The molecule has 0 amide bonds. The van der Waals surface area contributed by atoms with E-state index in [0.717, 1.165) is 12.8 Å². The number of carbonyl (C=O) groups excluding carboxylic acids is 1. The van der Waals surface area contributed by atoms with Gasteiger partial charge in [0.25, 0.3) is 0 Å². The summed E-state index contributed by atoms with van der Waals surface area (Å²) in [6, 6.07) is 10.4. The molecule has 1 unspecified atom stereocenters. The molecule has 3 heteroatoms. The Morgan fingerprint density at radius 1 is 1.35 bits per heavy atom. The van der Waals surface area contributed by atoms with Crippen LogP contribution in [0.25, 0.3) is 0 Å². The van der Waals surface area contributed by atoms with E-state index in [1.807, 2.05) is 30.3 Å². The quantitative estimate of drug-likeness (QED) is 0.736. The van der Waals surface area contributed by atoms with Gasteiger partial charge in [0.1, 0.15) is 0 Å². The second-order valence-corrected chi connectivity index (χ2v) is 4.15. The fourth-order valence-corrected chi connectivity index (χ4v) is 1.38. The summed E-state index contributed by atoms with van der Waals surface area (Å²) in [5, 5.41) is 3.11. The maximum atomic E-state index is 11.4. The first kappa shape index (κ1) is 13.7. The number of nitrogens with one attached hydrogen (secondary N) is 1. The van der Waals surface area contributed by atoms with Crippen molar-refractivity contribution in [1.29, 1.82) is 0 Å². The van der Waals surface area contributed by atoms with E-state index in [9.17, 15) is 4.79 Å². The van der Waals surface area contributed by atoms with Gasteiger partial charge < -0.3 is 10.1 Å². The lowest BCUT2D eigenvalue weighted by Crippen LogP contribution is -2.32. The summed E-state index contributed by atoms with van der Waals surface area (Å²) in [5.41, 5.74) is 1.19. The second-order valence-electron chi connectivity index (χ2n) is 4.15. The minimum atomic E-state index is -0.179. The molecule has 0 radical (unpaired) electrons. The van der Waals surface area contributed by atoms with Crippen molar-refractivity contribution >= 4 is 5.97 Å². The van der Waals surface area contributed by atoms with E-state index in [1.165, 1.54) is 5.56 Å². The second kappa shape index (κ2) is 7.85. The Kier molecular flexibility index (Phi) is 6.33. The van der Waals surface area contributed by atoms with Gasteiger partial charge >= 0.3 is 5.97 Å². The van der Waals surface area contributed by atoms with Crippen molar-refractivity contribution in [1.82, 2.24) is 5.32 Å². The number of esters is 1. The van der Waals surface area contributed by atoms with Crippen LogP contribution in [0, 0.1) is 0 Å². The van der Waals surface area contributed by atoms with Gasteiger partial charge in [0.2, 0.25) is 0 Å². The van der Waals surface area contributed by atoms with E-state index in [4.69, 9.17) is 4.74 Å². The zero-order valence-corrected chi connectivity index (χ0v) is 10.6. The van der Waals surface area contributed by atoms with Crippen LogP contribution >= 0.6 is 0 Å². The van der Waals surface area contributed by atoms with E-state index >= 15 is 0 Å². The van der Waals surface area contributed by atoms with Crippen LogP contribution in [-0.2, 0) is 16.0 Å². The molecule has 1 rings (SSSR count). The molecule has 0 aromatic heterocycles. The normalized spacial score (nSPS) is 12.1. The molecule has 1 N–H and O–H groups in total. The van der Waals surface area contributed by atoms with Crippen molar-refractivity contribution in [2.24, 2.45) is 0 Å². The van der Waals surface area contributed by atoms with Crippen molar-refractivity contribution in [3.63, 3.8) is 0 Å². The molecule has 1 atom stereocenters. The largest absolute Gasteiger partial charge is 0.464 e. The van der Waals surface area contributed by atoms with Crippen LogP contribution < -0.4 is 5.32 Å². The fourth-order valence-electron chi connectivity index (χ4n) is 1.38. The predicted molar refractivity (Wildman–Crippen MR) is 68.9 cm³/mol. The van der Waals surface area contributed by atoms with Crippen molar-refractivity contribution in [3.8, 4) is 0 Å². The Labute approximate surface area is 103 Å². The summed E-state index contributed by atoms with van der Waals surface area (Å²) < 4.78 is 5.14. The molecular weight excluding hydrogens is 214 g/mol. The summed E-state index contributed by atoms with van der Waals surface area (Å²) in [6.45, 7) is 4.88. The van der Waals surface area contributed by atoms with Gasteiger partial charge in [-0.25, -0.2) is 0 Å². The van der Waals surface area contributed by atoms with Gasteiger partial charge in [-0.3, -0.25) is 4.79 Å². The van der Waals surface area contributed by atoms with Crippen molar-refractivity contribution in [3.05, 3.63) is 35.9 Å². The Morgan fingerprint density at radius 3 is 2.71 bits per heavy atom. The van der Waals surface area contributed by atoms with Crippen LogP contribution in [-0.4, -0.2) is 25.2 Å². The molecule has 0 aliphatic carbocycles. The molecule has 1 aromatic rings. The van der Waals surface area contributed by atoms with Gasteiger partial charge in [-0.2, -0.15) is 0 Å². The SMILES string of the molecule is CCC(C)NCC(=O)OCCc1ccccc1. The van der Waals surface area contributed by atoms with Gasteiger partial charge in [0.15, 0.2) is 0 Å². The third kappa shape index (κ3) is 6.07. The molecule has 0 saturated carbocycles. The molecule has 0 heterocycles. The van der Waals surface area contributed by atoms with Crippen LogP contribution in [0.1, 0.15) is 25.8 Å². The minimum Gasteiger partial charge on any atom is -0.464 e. The van der Waals surface area contributed by atoms with Crippen molar-refractivity contribution in [2.75, 3.05) is 13.2 Å². The van der Waals surface area contributed by atoms with Gasteiger partial charge in [-0.05, 0) is 18.9 Å². The summed E-state index contributed by atoms with van der Waals surface area (Å²) in [6.07, 6.45) is 1.78. The highest BCUT2D eigenvalue weighted by Gasteiger charge is 2.04. The summed E-state index contributed by atoms with van der Waals surface area (Å²) >= 11 is 0. The number of benzene rings is 1. The molecule has 94 valence electrons. The maximum Gasteiger partial charge on any atom is 0.319 e. The van der Waals surface area contributed by atoms with E-state index in [1.54, 1.807) is 0 Å². The average Bonchev–Trinajstić information content (AvgIpc) is 2.37. The molecule has 0 spiro atoms. The van der Waals surface area contributed by atoms with Crippen LogP contribution in [0.5, 0.6) is 0 Å². The van der Waals surface area contributed by atoms with Crippen molar-refractivity contribution < 1.29 is 9.53 Å². The first-order valence-electron chi connectivity index (χ1n) is 6.15. The van der Waals surface area contributed by atoms with Gasteiger partial charge in [-0.15, -0.1) is 0 Å². The van der Waals surface area contributed by atoms with Crippen LogP contribution in [0.15, 0.2) is 30.3 Å². The molecule has 3 nitrogen and oxygen atoms in total. The first-order valence-corrected chi connectivity index (χ1v) is 6.15. The lowest BCUT2D eigenvalue weighted by Gasteiger charge is -2.10. The van der Waals surface area contributed by atoms with Gasteiger partial charge in [0.05, 0.1) is 13.2 Å². The van der Waals surface area contributed by atoms with Crippen LogP contribution in [0.3, 0.4) is 0 Å². The highest BCUT2D eigenvalue weighted by atomic mass is 16.5. The zero-order valence-electron chi connectivity index (χ0n) is 10.6. The third-order valence-electron chi connectivity index (χ3n) is 2.70. The van der Waals surface area contributed by atoms with E-state index < -0.39 is 0 Å². The molecule has 1 aromatic carbocycles. The summed E-state index contributed by atoms with van der Waals surface area (Å²) in [4.78, 5) is 11.4. The zero-order chi connectivity index (χ0) is 12.5. The Morgan fingerprint density at radius 2 is 2.06 bits per heavy atom. The minimum absolute atomic E-state index is 0.179. The maximum absolute atomic E-state index is 11.4. The average molecular weight is 235 g/mol. The van der Waals surface area contributed by atoms with Crippen LogP contribution in [0.4, 0.5) is 0 Å². The number of rotatable bonds is 7. The third-order valence-corrected chi connectivity index (χ3v) is 2.70. The molecular formula is C14H21NO2. The smallest absolute Gasteiger partial charge is 0.319 e. The highest BCUT2D eigenvalue weighted by molar-refractivity contribution is 5.71. The van der Waals surface area contributed by atoms with Crippen LogP contribution in [0.2, 0.25) is 0 Å². The molecule has 0 aliphatic heterocycles. The molecule has 0 saturated heterocycles. The van der Waals surface area contributed by atoms with E-state index in [0.29, 0.717) is 19.2 Å². The highest BCUT2D eigenvalue weighted by Crippen LogP contribution is 1.99. The molecule has 17 heavy (non-hydrogen) atoms. The lowest BCUT2D eigenvalue weighted by molar-refractivity contribution is -0.142. The van der Waals surface area contributed by atoms with Gasteiger partial charge in [0, 0.05) is 12.5 Å². The standard InChI is InChI=1S/C14H21NO2/c1-3-12(2)15-11-14(16)17-10-9-13-7-5-4-6-8-13/h4-8,12,15H,3,9-11H2,1-2H3. The Hall–Kier alpha value is -1.35. The van der Waals surface area contributed by atoms with E-state index in [2.05, 4.69) is 19.2 Å². The number of hydrogen-bond acceptors (Lipinski definition) is 3. The Bertz CT molecular complexity index is 324. The molecule has 0 fully saturated rings. The number of hydrogen-bond donors (Lipinski definition) is 1. The molecule has 0 aliphatic rings. The topological polar surface area (TPSA) is 38.3 Å². The summed E-state index contributed by atoms with van der Waals surface area (Å²) in [5.74, 6) is -0.179. The number of carbonyl (C=O) groups is 1. The van der Waals surface area contributed by atoms with E-state index in [-0.39, 0.29) is 5.97 Å². The Balaban J connectivity index is 2.12. The van der Waals surface area contributed by atoms with Gasteiger partial charge in [-0.1, -0.05) is 37.3 Å². The van der Waals surface area contributed by atoms with Crippen molar-refractivity contribution in [2.45, 2.75) is 32.7 Å². The fraction of sp³-hybridized carbons (Fsp3) is 0.500.